The molecule has 0 unspecified atom stereocenters. The molecule has 3 rings (SSSR count). The Morgan fingerprint density at radius 3 is 2.21 bits per heavy atom. The van der Waals surface area contributed by atoms with Crippen molar-refractivity contribution in [2.45, 2.75) is 18.4 Å². The molecule has 0 radical (unpaired) electrons. The first-order valence-electron chi connectivity index (χ1n) is 8.38. The molecule has 28 heavy (non-hydrogen) atoms. The van der Waals surface area contributed by atoms with Crippen molar-refractivity contribution in [3.05, 3.63) is 70.8 Å². The first-order chi connectivity index (χ1) is 13.3. The molecule has 0 aliphatic rings. The van der Waals surface area contributed by atoms with Gasteiger partial charge >= 0.3 is 0 Å². The smallest absolute Gasteiger partial charge is 0.268 e. The van der Waals surface area contributed by atoms with E-state index in [2.05, 4.69) is 16.9 Å². The summed E-state index contributed by atoms with van der Waals surface area (Å²) in [7, 11) is -3.33. The highest BCUT2D eigenvalue weighted by atomic mass is 32.2. The van der Waals surface area contributed by atoms with Gasteiger partial charge in [0.15, 0.2) is 9.84 Å². The van der Waals surface area contributed by atoms with Crippen LogP contribution in [0, 0.1) is 17.7 Å². The van der Waals surface area contributed by atoms with Gasteiger partial charge in [-0.1, -0.05) is 18.1 Å². The molecule has 0 amide bonds. The highest BCUT2D eigenvalue weighted by Gasteiger charge is 2.14. The van der Waals surface area contributed by atoms with Crippen molar-refractivity contribution in [2.75, 3.05) is 6.26 Å². The number of hydrogen-bond acceptors (Lipinski definition) is 4. The Morgan fingerprint density at radius 2 is 1.64 bits per heavy atom. The Balaban J connectivity index is 2.21. The van der Waals surface area contributed by atoms with Gasteiger partial charge < -0.3 is 0 Å². The van der Waals surface area contributed by atoms with E-state index in [1.807, 2.05) is 0 Å². The van der Waals surface area contributed by atoms with Crippen molar-refractivity contribution >= 4 is 9.84 Å². The molecule has 0 N–H and O–H groups in total. The van der Waals surface area contributed by atoms with E-state index >= 15 is 0 Å². The maximum atomic E-state index is 13.3. The zero-order valence-electron chi connectivity index (χ0n) is 15.3. The van der Waals surface area contributed by atoms with Crippen molar-refractivity contribution in [3.8, 4) is 34.2 Å². The maximum Gasteiger partial charge on any atom is 0.268 e. The van der Waals surface area contributed by atoms with E-state index in [4.69, 9.17) is 0 Å². The molecule has 0 atom stereocenters. The van der Waals surface area contributed by atoms with Crippen LogP contribution in [0.2, 0.25) is 0 Å². The number of rotatable bonds is 4. The third-order valence-electron chi connectivity index (χ3n) is 4.11. The Kier molecular flexibility index (Phi) is 5.43. The third kappa shape index (κ3) is 4.18. The first-order valence-corrected chi connectivity index (χ1v) is 10.3. The van der Waals surface area contributed by atoms with Crippen LogP contribution in [0.15, 0.2) is 64.3 Å². The highest BCUT2D eigenvalue weighted by molar-refractivity contribution is 7.90. The summed E-state index contributed by atoms with van der Waals surface area (Å²) in [5.41, 5.74) is 1.92. The fourth-order valence-corrected chi connectivity index (χ4v) is 3.31. The molecule has 1 heterocycles. The molecule has 142 valence electrons. The van der Waals surface area contributed by atoms with Crippen molar-refractivity contribution in [1.82, 2.24) is 9.78 Å². The molecular weight excluding hydrogens is 379 g/mol. The summed E-state index contributed by atoms with van der Waals surface area (Å²) in [5.74, 6) is 5.14. The molecule has 0 bridgehead atoms. The molecule has 3 aromatic rings. The zero-order chi connectivity index (χ0) is 20.3. The minimum Gasteiger partial charge on any atom is -0.268 e. The fraction of sp³-hybridized carbons (Fsp3) is 0.143. The van der Waals surface area contributed by atoms with Crippen molar-refractivity contribution in [2.24, 2.45) is 0 Å². The Hall–Kier alpha value is -3.24. The van der Waals surface area contributed by atoms with Gasteiger partial charge in [0.05, 0.1) is 10.6 Å². The van der Waals surface area contributed by atoms with Crippen LogP contribution in [0.4, 0.5) is 4.39 Å². The van der Waals surface area contributed by atoms with Crippen LogP contribution >= 0.6 is 0 Å². The normalized spacial score (nSPS) is 11.0. The predicted octanol–water partition coefficient (Wildman–Crippen LogP) is 3.14. The average molecular weight is 396 g/mol. The lowest BCUT2D eigenvalue weighted by molar-refractivity contribution is 0.602. The molecule has 0 saturated carbocycles. The molecule has 0 saturated heterocycles. The SMILES string of the molecule is CC#CCn1nc(-c2ccc(F)cc2)c(-c2ccc(S(C)(=O)=O)cc2)cc1=O. The molecule has 0 aliphatic carbocycles. The summed E-state index contributed by atoms with van der Waals surface area (Å²) in [4.78, 5) is 12.6. The van der Waals surface area contributed by atoms with Gasteiger partial charge in [0.2, 0.25) is 0 Å². The van der Waals surface area contributed by atoms with Gasteiger partial charge in [0.25, 0.3) is 5.56 Å². The number of hydrogen-bond donors (Lipinski definition) is 0. The molecule has 0 aliphatic heterocycles. The third-order valence-corrected chi connectivity index (χ3v) is 5.24. The van der Waals surface area contributed by atoms with E-state index in [0.717, 1.165) is 6.26 Å². The van der Waals surface area contributed by atoms with Crippen molar-refractivity contribution in [3.63, 3.8) is 0 Å². The van der Waals surface area contributed by atoms with Crippen LogP contribution in [0.3, 0.4) is 0 Å². The lowest BCUT2D eigenvalue weighted by atomic mass is 10.00. The molecular formula is C21H17FN2O3S. The van der Waals surface area contributed by atoms with Crippen LogP contribution in [0.1, 0.15) is 6.92 Å². The minimum absolute atomic E-state index is 0.136. The monoisotopic (exact) mass is 396 g/mol. The largest absolute Gasteiger partial charge is 0.268 e. The summed E-state index contributed by atoms with van der Waals surface area (Å²) < 4.78 is 38.0. The average Bonchev–Trinajstić information content (AvgIpc) is 2.67. The summed E-state index contributed by atoms with van der Waals surface area (Å²) in [6.07, 6.45) is 1.13. The van der Waals surface area contributed by atoms with E-state index in [1.54, 1.807) is 31.2 Å². The topological polar surface area (TPSA) is 69.0 Å². The Morgan fingerprint density at radius 1 is 1.04 bits per heavy atom. The van der Waals surface area contributed by atoms with Crippen LogP contribution < -0.4 is 5.56 Å². The van der Waals surface area contributed by atoms with E-state index in [9.17, 15) is 17.6 Å². The second-order valence-electron chi connectivity index (χ2n) is 6.13. The van der Waals surface area contributed by atoms with Crippen LogP contribution in [-0.2, 0) is 16.4 Å². The lowest BCUT2D eigenvalue weighted by Crippen LogP contribution is -2.22. The van der Waals surface area contributed by atoms with E-state index in [-0.39, 0.29) is 22.8 Å². The van der Waals surface area contributed by atoms with Crippen molar-refractivity contribution in [1.29, 1.82) is 0 Å². The van der Waals surface area contributed by atoms with Crippen LogP contribution in [-0.4, -0.2) is 24.5 Å². The lowest BCUT2D eigenvalue weighted by Gasteiger charge is -2.12. The van der Waals surface area contributed by atoms with E-state index in [1.165, 1.54) is 35.0 Å². The number of benzene rings is 2. The molecule has 0 fully saturated rings. The number of nitrogens with zero attached hydrogens (tertiary/aromatic N) is 2. The van der Waals surface area contributed by atoms with Gasteiger partial charge in [-0.3, -0.25) is 4.79 Å². The van der Waals surface area contributed by atoms with Crippen LogP contribution in [0.25, 0.3) is 22.4 Å². The molecule has 7 heteroatoms. The van der Waals surface area contributed by atoms with Gasteiger partial charge in [-0.2, -0.15) is 5.10 Å². The van der Waals surface area contributed by atoms with E-state index in [0.29, 0.717) is 22.4 Å². The predicted molar refractivity (Wildman–Crippen MR) is 106 cm³/mol. The second kappa shape index (κ2) is 7.79. The van der Waals surface area contributed by atoms with Crippen molar-refractivity contribution < 1.29 is 12.8 Å². The molecule has 1 aromatic heterocycles. The quantitative estimate of drug-likeness (QED) is 0.636. The first kappa shape index (κ1) is 19.5. The molecule has 2 aromatic carbocycles. The number of sulfone groups is 1. The Bertz CT molecular complexity index is 1230. The minimum atomic E-state index is -3.33. The van der Waals surface area contributed by atoms with Gasteiger partial charge in [0, 0.05) is 23.4 Å². The van der Waals surface area contributed by atoms with E-state index < -0.39 is 9.84 Å². The summed E-state index contributed by atoms with van der Waals surface area (Å²) in [5, 5.41) is 4.42. The summed E-state index contributed by atoms with van der Waals surface area (Å²) >= 11 is 0. The van der Waals surface area contributed by atoms with Gasteiger partial charge in [-0.15, -0.1) is 5.92 Å². The zero-order valence-corrected chi connectivity index (χ0v) is 16.1. The number of aromatic nitrogens is 2. The molecule has 5 nitrogen and oxygen atoms in total. The number of halogens is 1. The summed E-state index contributed by atoms with van der Waals surface area (Å²) in [6.45, 7) is 1.81. The van der Waals surface area contributed by atoms with Gasteiger partial charge in [-0.05, 0) is 48.9 Å². The van der Waals surface area contributed by atoms with Gasteiger partial charge in [0.1, 0.15) is 12.4 Å². The standard InChI is InChI=1S/C21H17FN2O3S/c1-3-4-13-24-20(25)14-19(15-7-11-18(12-8-15)28(2,26)27)21(23-24)16-5-9-17(22)10-6-16/h5-12,14H,13H2,1-2H3. The van der Waals surface area contributed by atoms with Crippen LogP contribution in [0.5, 0.6) is 0 Å². The summed E-state index contributed by atoms with van der Waals surface area (Å²) in [6, 6.07) is 13.4. The highest BCUT2D eigenvalue weighted by Crippen LogP contribution is 2.30. The molecule has 0 spiro atoms. The Labute approximate surface area is 162 Å². The second-order valence-corrected chi connectivity index (χ2v) is 8.15. The van der Waals surface area contributed by atoms with Gasteiger partial charge in [-0.25, -0.2) is 17.5 Å². The fourth-order valence-electron chi connectivity index (χ4n) is 2.68. The maximum absolute atomic E-state index is 13.3.